The van der Waals surface area contributed by atoms with E-state index >= 15 is 0 Å². The minimum Gasteiger partial charge on any atom is -0.390 e. The number of hydrogen-bond donors (Lipinski definition) is 1. The fourth-order valence-electron chi connectivity index (χ4n) is 1.71. The van der Waals surface area contributed by atoms with Crippen molar-refractivity contribution >= 4 is 0 Å². The van der Waals surface area contributed by atoms with Crippen molar-refractivity contribution < 1.29 is 14.0 Å². The summed E-state index contributed by atoms with van der Waals surface area (Å²) in [6.45, 7) is 1.24. The van der Waals surface area contributed by atoms with E-state index in [4.69, 9.17) is 9.63 Å². The average Bonchev–Trinajstić information content (AvgIpc) is 2.53. The molecule has 0 bridgehead atoms. The molecule has 0 radical (unpaired) electrons. The summed E-state index contributed by atoms with van der Waals surface area (Å²) in [4.78, 5) is 0. The molecule has 0 amide bonds. The van der Waals surface area contributed by atoms with Gasteiger partial charge in [0.1, 0.15) is 17.1 Å². The van der Waals surface area contributed by atoms with E-state index in [1.165, 1.54) is 6.92 Å². The van der Waals surface area contributed by atoms with Crippen LogP contribution in [0.1, 0.15) is 30.4 Å². The van der Waals surface area contributed by atoms with Gasteiger partial charge >= 0.3 is 0 Å². The fourth-order valence-corrected chi connectivity index (χ4v) is 1.71. The summed E-state index contributed by atoms with van der Waals surface area (Å²) in [6.07, 6.45) is 1.01. The van der Waals surface area contributed by atoms with Crippen molar-refractivity contribution in [3.63, 3.8) is 0 Å². The highest BCUT2D eigenvalue weighted by Crippen LogP contribution is 2.41. The van der Waals surface area contributed by atoms with Crippen LogP contribution in [0.15, 0.2) is 4.52 Å². The van der Waals surface area contributed by atoms with Crippen LogP contribution in [-0.4, -0.2) is 10.3 Å². The second-order valence-corrected chi connectivity index (χ2v) is 3.28. The largest absolute Gasteiger partial charge is 0.390 e. The summed E-state index contributed by atoms with van der Waals surface area (Å²) in [7, 11) is 0. The highest BCUT2D eigenvalue weighted by Gasteiger charge is 2.40. The second kappa shape index (κ2) is 2.29. The van der Waals surface area contributed by atoms with Gasteiger partial charge in [0.05, 0.1) is 12.2 Å². The van der Waals surface area contributed by atoms with Crippen LogP contribution < -0.4 is 0 Å². The molecule has 1 aromatic rings. The Kier molecular flexibility index (Phi) is 1.48. The molecule has 1 atom stereocenters. The van der Waals surface area contributed by atoms with Crippen LogP contribution in [0.3, 0.4) is 0 Å². The predicted molar refractivity (Wildman–Crippen MR) is 39.2 cm³/mol. The number of halogens is 1. The molecular weight excluding hydrogens is 161 g/mol. The summed E-state index contributed by atoms with van der Waals surface area (Å²) in [5.74, 6) is 0.587. The number of fused-ring (bicyclic) bond motifs is 1. The first-order chi connectivity index (χ1) is 5.65. The van der Waals surface area contributed by atoms with Gasteiger partial charge in [-0.2, -0.15) is 0 Å². The van der Waals surface area contributed by atoms with Gasteiger partial charge < -0.3 is 9.63 Å². The van der Waals surface area contributed by atoms with Crippen LogP contribution in [0.5, 0.6) is 0 Å². The molecule has 2 rings (SSSR count). The van der Waals surface area contributed by atoms with Gasteiger partial charge in [0.25, 0.3) is 0 Å². The molecule has 1 heterocycles. The first-order valence-electron chi connectivity index (χ1n) is 3.93. The smallest absolute Gasteiger partial charge is 0.143 e. The van der Waals surface area contributed by atoms with Gasteiger partial charge in [-0.3, -0.25) is 0 Å². The van der Waals surface area contributed by atoms with Crippen molar-refractivity contribution in [3.05, 3.63) is 17.0 Å². The lowest BCUT2D eigenvalue weighted by atomic mass is 10.0. The van der Waals surface area contributed by atoms with Crippen LogP contribution in [0, 0.1) is 0 Å². The molecule has 0 spiro atoms. The molecule has 66 valence electrons. The number of nitrogens with zero attached hydrogens (tertiary/aromatic N) is 1. The van der Waals surface area contributed by atoms with Crippen molar-refractivity contribution in [2.75, 3.05) is 0 Å². The van der Waals surface area contributed by atoms with Gasteiger partial charge in [0, 0.05) is 6.42 Å². The van der Waals surface area contributed by atoms with E-state index in [0.29, 0.717) is 29.9 Å². The zero-order chi connectivity index (χ0) is 8.77. The molecule has 0 aromatic carbocycles. The lowest BCUT2D eigenvalue weighted by Crippen LogP contribution is -2.12. The Morgan fingerprint density at radius 2 is 2.50 bits per heavy atom. The molecule has 0 saturated carbocycles. The Bertz CT molecular complexity index is 306. The topological polar surface area (TPSA) is 46.3 Å². The number of rotatable bonds is 1. The first kappa shape index (κ1) is 7.73. The Labute approximate surface area is 69.2 Å². The fraction of sp³-hybridized carbons (Fsp3) is 0.625. The molecule has 1 aliphatic rings. The minimum atomic E-state index is -1.37. The number of aliphatic hydroxyl groups is 1. The lowest BCUT2D eigenvalue weighted by Gasteiger charge is -2.12. The Morgan fingerprint density at radius 1 is 1.75 bits per heavy atom. The first-order valence-corrected chi connectivity index (χ1v) is 3.93. The molecule has 3 nitrogen and oxygen atoms in total. The highest BCUT2D eigenvalue weighted by atomic mass is 19.1. The van der Waals surface area contributed by atoms with Crippen LogP contribution in [0.4, 0.5) is 4.39 Å². The molecule has 0 fully saturated rings. The molecule has 4 heteroatoms. The third kappa shape index (κ3) is 0.876. The molecule has 1 N–H and O–H groups in total. The van der Waals surface area contributed by atoms with E-state index in [1.807, 2.05) is 0 Å². The third-order valence-electron chi connectivity index (χ3n) is 2.33. The molecule has 1 unspecified atom stereocenters. The van der Waals surface area contributed by atoms with Gasteiger partial charge in [-0.1, -0.05) is 5.16 Å². The zero-order valence-corrected chi connectivity index (χ0v) is 6.80. The quantitative estimate of drug-likeness (QED) is 0.692. The SMILES string of the molecule is CC1(F)CCc2onc(CO)c21. The standard InChI is InChI=1S/C8H10FNO2/c1-8(9)3-2-6-7(8)5(4-11)10-12-6/h11H,2-4H2,1H3. The van der Waals surface area contributed by atoms with Crippen molar-refractivity contribution in [1.82, 2.24) is 5.16 Å². The molecular formula is C8H10FNO2. The number of alkyl halides is 1. The van der Waals surface area contributed by atoms with Gasteiger partial charge in [0.2, 0.25) is 0 Å². The van der Waals surface area contributed by atoms with Crippen LogP contribution in [-0.2, 0) is 18.7 Å². The van der Waals surface area contributed by atoms with E-state index in [9.17, 15) is 4.39 Å². The lowest BCUT2D eigenvalue weighted by molar-refractivity contribution is 0.184. The summed E-state index contributed by atoms with van der Waals surface area (Å²) in [5, 5.41) is 12.4. The molecule has 12 heavy (non-hydrogen) atoms. The number of hydrogen-bond acceptors (Lipinski definition) is 3. The molecule has 1 aromatic heterocycles. The van der Waals surface area contributed by atoms with Gasteiger partial charge in [-0.25, -0.2) is 4.39 Å². The summed E-state index contributed by atoms with van der Waals surface area (Å²) in [6, 6.07) is 0. The number of aliphatic hydroxyl groups excluding tert-OH is 1. The van der Waals surface area contributed by atoms with Crippen LogP contribution in [0.25, 0.3) is 0 Å². The second-order valence-electron chi connectivity index (χ2n) is 3.28. The zero-order valence-electron chi connectivity index (χ0n) is 6.80. The summed E-state index contributed by atoms with van der Waals surface area (Å²) in [5.41, 5.74) is -0.564. The Hall–Kier alpha value is -0.900. The van der Waals surface area contributed by atoms with E-state index in [2.05, 4.69) is 5.16 Å². The molecule has 0 aliphatic heterocycles. The van der Waals surface area contributed by atoms with Crippen molar-refractivity contribution in [1.29, 1.82) is 0 Å². The average molecular weight is 171 g/mol. The predicted octanol–water partition coefficient (Wildman–Crippen LogP) is 1.30. The normalized spacial score (nSPS) is 27.6. The Morgan fingerprint density at radius 3 is 3.17 bits per heavy atom. The van der Waals surface area contributed by atoms with E-state index in [0.717, 1.165) is 0 Å². The van der Waals surface area contributed by atoms with Gasteiger partial charge in [-0.05, 0) is 13.3 Å². The maximum absolute atomic E-state index is 13.7. The van der Waals surface area contributed by atoms with Crippen molar-refractivity contribution in [3.8, 4) is 0 Å². The van der Waals surface area contributed by atoms with Crippen LogP contribution >= 0.6 is 0 Å². The number of aryl methyl sites for hydroxylation is 1. The van der Waals surface area contributed by atoms with Crippen molar-refractivity contribution in [2.45, 2.75) is 32.0 Å². The van der Waals surface area contributed by atoms with E-state index < -0.39 is 5.67 Å². The maximum atomic E-state index is 13.7. The molecule has 1 aliphatic carbocycles. The minimum absolute atomic E-state index is 0.252. The number of aromatic nitrogens is 1. The van der Waals surface area contributed by atoms with Crippen molar-refractivity contribution in [2.24, 2.45) is 0 Å². The monoisotopic (exact) mass is 171 g/mol. The van der Waals surface area contributed by atoms with E-state index in [1.54, 1.807) is 0 Å². The maximum Gasteiger partial charge on any atom is 0.143 e. The molecule has 0 saturated heterocycles. The van der Waals surface area contributed by atoms with Crippen LogP contribution in [0.2, 0.25) is 0 Å². The van der Waals surface area contributed by atoms with Gasteiger partial charge in [0.15, 0.2) is 0 Å². The summed E-state index contributed by atoms with van der Waals surface area (Å²) >= 11 is 0. The highest BCUT2D eigenvalue weighted by molar-refractivity contribution is 5.33. The Balaban J connectivity index is 2.53. The summed E-state index contributed by atoms with van der Waals surface area (Å²) < 4.78 is 18.6. The third-order valence-corrected chi connectivity index (χ3v) is 2.33. The van der Waals surface area contributed by atoms with Gasteiger partial charge in [-0.15, -0.1) is 0 Å². The van der Waals surface area contributed by atoms with E-state index in [-0.39, 0.29) is 6.61 Å².